The van der Waals surface area contributed by atoms with Crippen LogP contribution in [0.25, 0.3) is 12.2 Å². The van der Waals surface area contributed by atoms with Crippen LogP contribution >= 0.6 is 0 Å². The minimum atomic E-state index is -0.796. The average molecular weight is 457 g/mol. The Bertz CT molecular complexity index is 1160. The van der Waals surface area contributed by atoms with E-state index in [9.17, 15) is 9.59 Å². The fraction of sp³-hybridized carbons (Fsp3) is 0.172. The van der Waals surface area contributed by atoms with E-state index in [1.807, 2.05) is 80.6 Å². The van der Waals surface area contributed by atoms with E-state index in [0.29, 0.717) is 11.3 Å². The highest BCUT2D eigenvalue weighted by Crippen LogP contribution is 2.29. The van der Waals surface area contributed by atoms with Crippen molar-refractivity contribution in [2.45, 2.75) is 20.0 Å². The molecule has 0 unspecified atom stereocenters. The molecule has 0 aliphatic heterocycles. The first-order chi connectivity index (χ1) is 16.5. The van der Waals surface area contributed by atoms with Crippen molar-refractivity contribution in [2.75, 3.05) is 13.7 Å². The normalized spacial score (nSPS) is 12.0. The Kier molecular flexibility index (Phi) is 8.81. The minimum Gasteiger partial charge on any atom is -0.496 e. The summed E-state index contributed by atoms with van der Waals surface area (Å²) >= 11 is 0. The summed E-state index contributed by atoms with van der Waals surface area (Å²) in [5, 5.41) is 0. The van der Waals surface area contributed by atoms with E-state index in [0.717, 1.165) is 22.3 Å². The van der Waals surface area contributed by atoms with Gasteiger partial charge in [-0.3, -0.25) is 0 Å². The lowest BCUT2D eigenvalue weighted by atomic mass is 10.0. The summed E-state index contributed by atoms with van der Waals surface area (Å²) in [6.45, 7) is 3.77. The minimum absolute atomic E-state index is 0.130. The second kappa shape index (κ2) is 12.2. The zero-order valence-electron chi connectivity index (χ0n) is 19.6. The first kappa shape index (κ1) is 24.5. The standard InChI is InChI=1S/C29H28O5/c1-21-18-25(19-26(32-3)22(21)2)27(34-29(31)17-15-24-12-8-5-9-13-24)20-33-28(30)16-14-23-10-6-4-7-11-23/h4-19,27H,20H2,1-3H3/b16-14+,17-15+/t27-/m1/s1. The van der Waals surface area contributed by atoms with E-state index in [1.165, 1.54) is 12.2 Å². The highest BCUT2D eigenvalue weighted by molar-refractivity contribution is 5.88. The molecule has 0 aromatic heterocycles. The van der Waals surface area contributed by atoms with Crippen LogP contribution in [-0.4, -0.2) is 25.7 Å². The van der Waals surface area contributed by atoms with Crippen LogP contribution < -0.4 is 4.74 Å². The zero-order valence-corrected chi connectivity index (χ0v) is 19.6. The molecule has 0 aliphatic carbocycles. The Hall–Kier alpha value is -4.12. The van der Waals surface area contributed by atoms with Crippen LogP contribution in [0, 0.1) is 13.8 Å². The second-order valence-electron chi connectivity index (χ2n) is 7.71. The molecule has 0 radical (unpaired) electrons. The molecule has 174 valence electrons. The SMILES string of the molecule is COc1cc([C@@H](COC(=O)/C=C/c2ccccc2)OC(=O)/C=C/c2ccccc2)cc(C)c1C. The molecule has 0 fully saturated rings. The summed E-state index contributed by atoms with van der Waals surface area (Å²) in [4.78, 5) is 24.9. The van der Waals surface area contributed by atoms with E-state index in [1.54, 1.807) is 25.3 Å². The van der Waals surface area contributed by atoms with Crippen molar-refractivity contribution in [2.24, 2.45) is 0 Å². The molecule has 3 rings (SSSR count). The maximum atomic E-state index is 12.6. The molecule has 34 heavy (non-hydrogen) atoms. The fourth-order valence-electron chi connectivity index (χ4n) is 3.29. The lowest BCUT2D eigenvalue weighted by Crippen LogP contribution is -2.17. The Balaban J connectivity index is 1.75. The van der Waals surface area contributed by atoms with Crippen molar-refractivity contribution in [1.29, 1.82) is 0 Å². The van der Waals surface area contributed by atoms with Crippen LogP contribution in [0.1, 0.15) is 33.9 Å². The number of rotatable bonds is 9. The van der Waals surface area contributed by atoms with Gasteiger partial charge in [-0.25, -0.2) is 9.59 Å². The third kappa shape index (κ3) is 7.20. The van der Waals surface area contributed by atoms with Gasteiger partial charge in [-0.05, 0) is 59.9 Å². The van der Waals surface area contributed by atoms with Gasteiger partial charge in [0.05, 0.1) is 7.11 Å². The van der Waals surface area contributed by atoms with Gasteiger partial charge in [0.15, 0.2) is 6.10 Å². The number of esters is 2. The fourth-order valence-corrected chi connectivity index (χ4v) is 3.29. The van der Waals surface area contributed by atoms with Gasteiger partial charge in [0.2, 0.25) is 0 Å². The maximum Gasteiger partial charge on any atom is 0.331 e. The number of methoxy groups -OCH3 is 1. The number of carbonyl (C=O) groups excluding carboxylic acids is 2. The van der Waals surface area contributed by atoms with E-state index >= 15 is 0 Å². The van der Waals surface area contributed by atoms with Crippen molar-refractivity contribution in [1.82, 2.24) is 0 Å². The number of ether oxygens (including phenoxy) is 3. The highest BCUT2D eigenvalue weighted by atomic mass is 16.6. The topological polar surface area (TPSA) is 61.8 Å². The zero-order chi connectivity index (χ0) is 24.3. The average Bonchev–Trinajstić information content (AvgIpc) is 2.86. The van der Waals surface area contributed by atoms with Crippen LogP contribution in [0.2, 0.25) is 0 Å². The lowest BCUT2D eigenvalue weighted by molar-refractivity contribution is -0.153. The molecule has 5 heteroatoms. The van der Waals surface area contributed by atoms with E-state index < -0.39 is 18.0 Å². The number of hydrogen-bond donors (Lipinski definition) is 0. The second-order valence-corrected chi connectivity index (χ2v) is 7.71. The quantitative estimate of drug-likeness (QED) is 0.298. The first-order valence-corrected chi connectivity index (χ1v) is 10.9. The van der Waals surface area contributed by atoms with Gasteiger partial charge in [0, 0.05) is 12.2 Å². The molecule has 1 atom stereocenters. The van der Waals surface area contributed by atoms with Crippen LogP contribution in [0.3, 0.4) is 0 Å². The van der Waals surface area contributed by atoms with Gasteiger partial charge in [-0.1, -0.05) is 66.7 Å². The summed E-state index contributed by atoms with van der Waals surface area (Å²) in [7, 11) is 1.59. The largest absolute Gasteiger partial charge is 0.496 e. The maximum absolute atomic E-state index is 12.6. The predicted octanol–water partition coefficient (Wildman–Crippen LogP) is 5.87. The van der Waals surface area contributed by atoms with Gasteiger partial charge >= 0.3 is 11.9 Å². The summed E-state index contributed by atoms with van der Waals surface area (Å²) < 4.78 is 16.6. The van der Waals surface area contributed by atoms with Gasteiger partial charge in [0.25, 0.3) is 0 Å². The predicted molar refractivity (Wildman–Crippen MR) is 133 cm³/mol. The summed E-state index contributed by atoms with van der Waals surface area (Å²) in [6, 6.07) is 22.6. The van der Waals surface area contributed by atoms with E-state index in [2.05, 4.69) is 0 Å². The molecule has 0 N–H and O–H groups in total. The molecule has 0 saturated heterocycles. The molecule has 3 aromatic carbocycles. The molecule has 3 aromatic rings. The number of benzene rings is 3. The van der Waals surface area contributed by atoms with Crippen molar-refractivity contribution >= 4 is 24.1 Å². The number of hydrogen-bond acceptors (Lipinski definition) is 5. The van der Waals surface area contributed by atoms with Crippen LogP contribution in [0.4, 0.5) is 0 Å². The van der Waals surface area contributed by atoms with Gasteiger partial charge < -0.3 is 14.2 Å². The summed E-state index contributed by atoms with van der Waals surface area (Å²) in [6.07, 6.45) is 5.26. The molecule has 0 aliphatic rings. The molecule has 0 amide bonds. The lowest BCUT2D eigenvalue weighted by Gasteiger charge is -2.20. The monoisotopic (exact) mass is 456 g/mol. The molecular formula is C29H28O5. The van der Waals surface area contributed by atoms with Gasteiger partial charge in [-0.15, -0.1) is 0 Å². The van der Waals surface area contributed by atoms with E-state index in [4.69, 9.17) is 14.2 Å². The molecule has 0 saturated carbocycles. The Morgan fingerprint density at radius 1 is 0.824 bits per heavy atom. The Morgan fingerprint density at radius 3 is 1.94 bits per heavy atom. The smallest absolute Gasteiger partial charge is 0.331 e. The van der Waals surface area contributed by atoms with Gasteiger partial charge in [0.1, 0.15) is 12.4 Å². The molecule has 0 bridgehead atoms. The Morgan fingerprint density at radius 2 is 1.38 bits per heavy atom. The molecule has 0 heterocycles. The van der Waals surface area contributed by atoms with Crippen LogP contribution in [0.5, 0.6) is 5.75 Å². The van der Waals surface area contributed by atoms with Gasteiger partial charge in [-0.2, -0.15) is 0 Å². The highest BCUT2D eigenvalue weighted by Gasteiger charge is 2.20. The summed E-state index contributed by atoms with van der Waals surface area (Å²) in [5.41, 5.74) is 4.41. The number of carbonyl (C=O) groups is 2. The van der Waals surface area contributed by atoms with Crippen LogP contribution in [-0.2, 0) is 19.1 Å². The third-order valence-corrected chi connectivity index (χ3v) is 5.29. The number of aryl methyl sites for hydroxylation is 1. The van der Waals surface area contributed by atoms with Crippen molar-refractivity contribution in [3.63, 3.8) is 0 Å². The van der Waals surface area contributed by atoms with E-state index in [-0.39, 0.29) is 6.61 Å². The first-order valence-electron chi connectivity index (χ1n) is 10.9. The molecule has 5 nitrogen and oxygen atoms in total. The van der Waals surface area contributed by atoms with Crippen molar-refractivity contribution in [3.05, 3.63) is 113 Å². The molecule has 0 spiro atoms. The van der Waals surface area contributed by atoms with Crippen molar-refractivity contribution in [3.8, 4) is 5.75 Å². The summed E-state index contributed by atoms with van der Waals surface area (Å²) in [5.74, 6) is -0.395. The molecular weight excluding hydrogens is 428 g/mol. The van der Waals surface area contributed by atoms with Crippen molar-refractivity contribution < 1.29 is 23.8 Å². The van der Waals surface area contributed by atoms with Crippen LogP contribution in [0.15, 0.2) is 84.9 Å². The third-order valence-electron chi connectivity index (χ3n) is 5.29. The Labute approximate surface area is 200 Å².